The third-order valence-electron chi connectivity index (χ3n) is 3.32. The first-order valence-electron chi connectivity index (χ1n) is 6.41. The van der Waals surface area contributed by atoms with Crippen molar-refractivity contribution in [1.82, 2.24) is 0 Å². The van der Waals surface area contributed by atoms with Gasteiger partial charge in [0.1, 0.15) is 0 Å². The van der Waals surface area contributed by atoms with E-state index in [1.54, 1.807) is 0 Å². The molecule has 2 rings (SSSR count). The van der Waals surface area contributed by atoms with Crippen molar-refractivity contribution in [1.29, 1.82) is 0 Å². The van der Waals surface area contributed by atoms with E-state index in [2.05, 4.69) is 4.90 Å². The average molecular weight is 235 g/mol. The van der Waals surface area contributed by atoms with Gasteiger partial charge in [-0.1, -0.05) is 19.1 Å². The Morgan fingerprint density at radius 3 is 2.41 bits per heavy atom. The summed E-state index contributed by atoms with van der Waals surface area (Å²) in [6, 6.07) is 8.65. The molecule has 1 aliphatic carbocycles. The first kappa shape index (κ1) is 12.4. The fraction of sp³-hybridized carbons (Fsp3) is 0.571. The maximum Gasteiger partial charge on any atom is 0.0787 e. The van der Waals surface area contributed by atoms with E-state index in [1.165, 1.54) is 12.8 Å². The van der Waals surface area contributed by atoms with Crippen LogP contribution in [-0.4, -0.2) is 29.4 Å². The molecule has 1 aliphatic rings. The van der Waals surface area contributed by atoms with Gasteiger partial charge in [-0.15, -0.1) is 0 Å². The van der Waals surface area contributed by atoms with Crippen molar-refractivity contribution < 1.29 is 10.2 Å². The SMILES string of the molecule is CC[C@@H](O)c1ccc(N(CCO)C2CC2)cc1. The van der Waals surface area contributed by atoms with E-state index in [-0.39, 0.29) is 12.7 Å². The molecule has 0 unspecified atom stereocenters. The molecule has 0 aliphatic heterocycles. The van der Waals surface area contributed by atoms with E-state index in [0.29, 0.717) is 12.6 Å². The van der Waals surface area contributed by atoms with Gasteiger partial charge in [0.05, 0.1) is 12.7 Å². The van der Waals surface area contributed by atoms with Gasteiger partial charge >= 0.3 is 0 Å². The van der Waals surface area contributed by atoms with Crippen molar-refractivity contribution in [3.05, 3.63) is 29.8 Å². The highest BCUT2D eigenvalue weighted by molar-refractivity contribution is 5.50. The van der Waals surface area contributed by atoms with Crippen LogP contribution >= 0.6 is 0 Å². The predicted octanol–water partition coefficient (Wildman–Crippen LogP) is 2.09. The Labute approximate surface area is 103 Å². The summed E-state index contributed by atoms with van der Waals surface area (Å²) >= 11 is 0. The lowest BCUT2D eigenvalue weighted by Crippen LogP contribution is -2.28. The number of hydrogen-bond acceptors (Lipinski definition) is 3. The summed E-state index contributed by atoms with van der Waals surface area (Å²) < 4.78 is 0. The van der Waals surface area contributed by atoms with Crippen LogP contribution in [0.25, 0.3) is 0 Å². The van der Waals surface area contributed by atoms with Gasteiger partial charge in [0.15, 0.2) is 0 Å². The molecule has 0 saturated heterocycles. The highest BCUT2D eigenvalue weighted by atomic mass is 16.3. The van der Waals surface area contributed by atoms with Gasteiger partial charge in [-0.05, 0) is 37.0 Å². The zero-order valence-corrected chi connectivity index (χ0v) is 10.3. The summed E-state index contributed by atoms with van der Waals surface area (Å²) in [6.07, 6.45) is 2.82. The first-order valence-corrected chi connectivity index (χ1v) is 6.41. The van der Waals surface area contributed by atoms with Crippen molar-refractivity contribution in [2.45, 2.75) is 38.3 Å². The molecule has 1 saturated carbocycles. The summed E-state index contributed by atoms with van der Waals surface area (Å²) in [6.45, 7) is 2.86. The molecular formula is C14H21NO2. The lowest BCUT2D eigenvalue weighted by molar-refractivity contribution is 0.173. The molecule has 1 atom stereocenters. The molecule has 0 bridgehead atoms. The zero-order valence-electron chi connectivity index (χ0n) is 10.3. The summed E-state index contributed by atoms with van der Waals surface area (Å²) in [7, 11) is 0. The van der Waals surface area contributed by atoms with Gasteiger partial charge in [0.2, 0.25) is 0 Å². The Hall–Kier alpha value is -1.06. The molecule has 0 amide bonds. The molecule has 0 radical (unpaired) electrons. The molecule has 17 heavy (non-hydrogen) atoms. The molecule has 3 heteroatoms. The second-order valence-electron chi connectivity index (χ2n) is 4.66. The maximum atomic E-state index is 9.73. The third-order valence-corrected chi connectivity index (χ3v) is 3.32. The molecule has 3 nitrogen and oxygen atoms in total. The van der Waals surface area contributed by atoms with Crippen molar-refractivity contribution >= 4 is 5.69 Å². The Bertz CT molecular complexity index is 346. The lowest BCUT2D eigenvalue weighted by Gasteiger charge is -2.24. The summed E-state index contributed by atoms with van der Waals surface area (Å²) in [4.78, 5) is 2.25. The lowest BCUT2D eigenvalue weighted by atomic mass is 10.1. The molecule has 1 aromatic carbocycles. The van der Waals surface area contributed by atoms with Crippen molar-refractivity contribution in [3.8, 4) is 0 Å². The fourth-order valence-electron chi connectivity index (χ4n) is 2.14. The molecule has 94 valence electrons. The van der Waals surface area contributed by atoms with E-state index in [9.17, 15) is 5.11 Å². The quantitative estimate of drug-likeness (QED) is 0.793. The largest absolute Gasteiger partial charge is 0.395 e. The summed E-state index contributed by atoms with van der Waals surface area (Å²) in [5.41, 5.74) is 2.12. The Morgan fingerprint density at radius 2 is 1.94 bits per heavy atom. The minimum atomic E-state index is -0.365. The Balaban J connectivity index is 2.09. The molecule has 0 heterocycles. The normalized spacial score (nSPS) is 16.9. The minimum Gasteiger partial charge on any atom is -0.395 e. The van der Waals surface area contributed by atoms with Crippen LogP contribution in [0.15, 0.2) is 24.3 Å². The number of aliphatic hydroxyl groups is 2. The number of rotatable bonds is 6. The van der Waals surface area contributed by atoms with Gasteiger partial charge in [-0.3, -0.25) is 0 Å². The van der Waals surface area contributed by atoms with Crippen molar-refractivity contribution in [2.24, 2.45) is 0 Å². The van der Waals surface area contributed by atoms with Crippen LogP contribution in [-0.2, 0) is 0 Å². The van der Waals surface area contributed by atoms with Crippen LogP contribution in [0, 0.1) is 0 Å². The van der Waals surface area contributed by atoms with Crippen LogP contribution in [0.2, 0.25) is 0 Å². The number of nitrogens with zero attached hydrogens (tertiary/aromatic N) is 1. The van der Waals surface area contributed by atoms with Crippen LogP contribution in [0.4, 0.5) is 5.69 Å². The van der Waals surface area contributed by atoms with Crippen molar-refractivity contribution in [2.75, 3.05) is 18.1 Å². The molecular weight excluding hydrogens is 214 g/mol. The minimum absolute atomic E-state index is 0.190. The van der Waals surface area contributed by atoms with Gasteiger partial charge in [-0.25, -0.2) is 0 Å². The summed E-state index contributed by atoms with van der Waals surface area (Å²) in [5, 5.41) is 18.8. The second-order valence-corrected chi connectivity index (χ2v) is 4.66. The topological polar surface area (TPSA) is 43.7 Å². The first-order chi connectivity index (χ1) is 8.26. The zero-order chi connectivity index (χ0) is 12.3. The van der Waals surface area contributed by atoms with E-state index >= 15 is 0 Å². The Morgan fingerprint density at radius 1 is 1.29 bits per heavy atom. The fourth-order valence-corrected chi connectivity index (χ4v) is 2.14. The van der Waals surface area contributed by atoms with Gasteiger partial charge in [-0.2, -0.15) is 0 Å². The number of hydrogen-bond donors (Lipinski definition) is 2. The molecule has 2 N–H and O–H groups in total. The van der Waals surface area contributed by atoms with Gasteiger partial charge in [0, 0.05) is 18.3 Å². The van der Waals surface area contributed by atoms with Crippen molar-refractivity contribution in [3.63, 3.8) is 0 Å². The number of aliphatic hydroxyl groups excluding tert-OH is 2. The Kier molecular flexibility index (Phi) is 4.02. The maximum absolute atomic E-state index is 9.73. The monoisotopic (exact) mass is 235 g/mol. The number of benzene rings is 1. The highest BCUT2D eigenvalue weighted by Gasteiger charge is 2.28. The van der Waals surface area contributed by atoms with Gasteiger partial charge in [0.25, 0.3) is 0 Å². The van der Waals surface area contributed by atoms with Gasteiger partial charge < -0.3 is 15.1 Å². The predicted molar refractivity (Wildman–Crippen MR) is 69.1 cm³/mol. The van der Waals surface area contributed by atoms with Crippen LogP contribution in [0.3, 0.4) is 0 Å². The smallest absolute Gasteiger partial charge is 0.0787 e. The molecule has 1 fully saturated rings. The molecule has 1 aromatic rings. The average Bonchev–Trinajstić information content (AvgIpc) is 3.19. The number of anilines is 1. The van der Waals surface area contributed by atoms with E-state index in [1.807, 2.05) is 31.2 Å². The van der Waals surface area contributed by atoms with Crippen LogP contribution < -0.4 is 4.90 Å². The molecule has 0 spiro atoms. The highest BCUT2D eigenvalue weighted by Crippen LogP contribution is 2.32. The van der Waals surface area contributed by atoms with E-state index < -0.39 is 0 Å². The molecule has 0 aromatic heterocycles. The standard InChI is InChI=1S/C14H21NO2/c1-2-14(17)11-3-5-12(6-4-11)15(9-10-16)13-7-8-13/h3-6,13-14,16-17H,2,7-10H2,1H3/t14-/m1/s1. The van der Waals surface area contributed by atoms with Crippen LogP contribution in [0.5, 0.6) is 0 Å². The van der Waals surface area contributed by atoms with Crippen LogP contribution in [0.1, 0.15) is 37.9 Å². The van der Waals surface area contributed by atoms with E-state index in [4.69, 9.17) is 5.11 Å². The summed E-state index contributed by atoms with van der Waals surface area (Å²) in [5.74, 6) is 0. The second kappa shape index (κ2) is 5.52. The third kappa shape index (κ3) is 2.99. The van der Waals surface area contributed by atoms with E-state index in [0.717, 1.165) is 17.7 Å².